The van der Waals surface area contributed by atoms with E-state index >= 15 is 0 Å². The van der Waals surface area contributed by atoms with Gasteiger partial charge in [0.2, 0.25) is 0 Å². The second-order valence-electron chi connectivity index (χ2n) is 8.77. The third-order valence-electron chi connectivity index (χ3n) is 5.88. The molecule has 0 amide bonds. The lowest BCUT2D eigenvalue weighted by Gasteiger charge is -2.25. The third-order valence-corrected chi connectivity index (χ3v) is 7.48. The molecule has 2 heterocycles. The smallest absolute Gasteiger partial charge is 0.338 e. The number of thiazole rings is 1. The van der Waals surface area contributed by atoms with Crippen LogP contribution in [0.1, 0.15) is 44.9 Å². The number of carbonyl (C=O) groups is 1. The van der Waals surface area contributed by atoms with Crippen molar-refractivity contribution in [1.29, 1.82) is 0 Å². The molecule has 0 aliphatic carbocycles. The zero-order valence-electron chi connectivity index (χ0n) is 22.0. The van der Waals surface area contributed by atoms with Crippen LogP contribution in [0, 0.1) is 0 Å². The molecule has 0 saturated carbocycles. The van der Waals surface area contributed by atoms with Crippen LogP contribution in [0.15, 0.2) is 61.9 Å². The number of halogens is 1. The lowest BCUT2D eigenvalue weighted by molar-refractivity contribution is -0.139. The number of benzene rings is 2. The summed E-state index contributed by atoms with van der Waals surface area (Å²) in [5, 5.41) is 0. The van der Waals surface area contributed by atoms with Gasteiger partial charge in [0.25, 0.3) is 5.56 Å². The Morgan fingerprint density at radius 3 is 2.45 bits per heavy atom. The summed E-state index contributed by atoms with van der Waals surface area (Å²) in [6.45, 7) is 7.62. The van der Waals surface area contributed by atoms with Crippen molar-refractivity contribution in [3.8, 4) is 17.2 Å². The molecule has 0 saturated heterocycles. The Morgan fingerprint density at radius 2 is 1.84 bits per heavy atom. The van der Waals surface area contributed by atoms with Gasteiger partial charge < -0.3 is 18.9 Å². The zero-order valence-corrected chi connectivity index (χ0v) is 24.4. The van der Waals surface area contributed by atoms with Gasteiger partial charge in [0.1, 0.15) is 17.2 Å². The first-order chi connectivity index (χ1) is 18.2. The number of methoxy groups -OCH3 is 2. The summed E-state index contributed by atoms with van der Waals surface area (Å²) in [6.07, 6.45) is 1.78. The number of carbonyl (C=O) groups excluding carboxylic acids is 1. The minimum atomic E-state index is -0.704. The van der Waals surface area contributed by atoms with E-state index in [4.69, 9.17) is 18.9 Å². The number of hydrogen-bond donors (Lipinski definition) is 0. The van der Waals surface area contributed by atoms with Gasteiger partial charge in [0, 0.05) is 11.6 Å². The van der Waals surface area contributed by atoms with Gasteiger partial charge in [-0.2, -0.15) is 0 Å². The first-order valence-electron chi connectivity index (χ1n) is 12.1. The van der Waals surface area contributed by atoms with E-state index in [0.717, 1.165) is 10.0 Å². The maximum absolute atomic E-state index is 13.9. The Labute approximate surface area is 233 Å². The molecule has 10 heteroatoms. The number of allylic oxidation sites excluding steroid dienone is 1. The summed E-state index contributed by atoms with van der Waals surface area (Å²) in [5.41, 5.74) is 2.00. The molecule has 1 aromatic heterocycles. The van der Waals surface area contributed by atoms with Crippen molar-refractivity contribution in [1.82, 2.24) is 4.57 Å². The number of esters is 1. The molecule has 0 fully saturated rings. The fourth-order valence-electron chi connectivity index (χ4n) is 4.25. The van der Waals surface area contributed by atoms with E-state index in [1.54, 1.807) is 44.8 Å². The molecule has 1 aliphatic rings. The number of nitrogens with zero attached hydrogens (tertiary/aromatic N) is 2. The van der Waals surface area contributed by atoms with Crippen molar-refractivity contribution in [2.45, 2.75) is 39.8 Å². The van der Waals surface area contributed by atoms with Crippen LogP contribution in [0.25, 0.3) is 6.08 Å². The summed E-state index contributed by atoms with van der Waals surface area (Å²) < 4.78 is 24.8. The number of aromatic nitrogens is 1. The lowest BCUT2D eigenvalue weighted by atomic mass is 9.96. The largest absolute Gasteiger partial charge is 0.496 e. The molecule has 0 unspecified atom stereocenters. The minimum absolute atomic E-state index is 0.0192. The number of hydrogen-bond acceptors (Lipinski definition) is 8. The molecular weight excluding hydrogens is 572 g/mol. The maximum atomic E-state index is 13.9. The molecule has 0 radical (unpaired) electrons. The molecule has 4 rings (SSSR count). The van der Waals surface area contributed by atoms with Gasteiger partial charge in [-0.25, -0.2) is 9.79 Å². The van der Waals surface area contributed by atoms with Crippen molar-refractivity contribution in [2.75, 3.05) is 20.8 Å². The van der Waals surface area contributed by atoms with Gasteiger partial charge in [-0.15, -0.1) is 0 Å². The molecule has 1 aliphatic heterocycles. The first-order valence-corrected chi connectivity index (χ1v) is 13.7. The van der Waals surface area contributed by atoms with Crippen LogP contribution >= 0.6 is 27.3 Å². The topological polar surface area (TPSA) is 88.4 Å². The van der Waals surface area contributed by atoms with Crippen molar-refractivity contribution >= 4 is 39.3 Å². The van der Waals surface area contributed by atoms with Gasteiger partial charge in [-0.05, 0) is 73.5 Å². The normalized spacial score (nSPS) is 15.3. The molecule has 3 aromatic rings. The highest BCUT2D eigenvalue weighted by molar-refractivity contribution is 9.10. The van der Waals surface area contributed by atoms with Gasteiger partial charge in [0.05, 0.1) is 53.2 Å². The minimum Gasteiger partial charge on any atom is -0.496 e. The zero-order chi connectivity index (χ0) is 27.6. The molecule has 200 valence electrons. The van der Waals surface area contributed by atoms with Crippen LogP contribution < -0.4 is 29.1 Å². The van der Waals surface area contributed by atoms with Gasteiger partial charge in [-0.3, -0.25) is 9.36 Å². The maximum Gasteiger partial charge on any atom is 0.338 e. The van der Waals surface area contributed by atoms with Crippen molar-refractivity contribution in [3.05, 3.63) is 83.0 Å². The standard InChI is InChI=1S/C28H29BrN2O6S/c1-7-36-27(33)24-16(4)30-28-31(25(24)17-8-10-19(11-9-17)37-15(2)3)26(32)23(38-28)13-18-12-20(29)22(35-6)14-21(18)34-5/h8-15,25H,7H2,1-6H3/b23-13-/t25-/m0/s1. The number of rotatable bonds is 8. The van der Waals surface area contributed by atoms with E-state index in [2.05, 4.69) is 20.9 Å². The van der Waals surface area contributed by atoms with Crippen LogP contribution in [0.2, 0.25) is 0 Å². The molecule has 38 heavy (non-hydrogen) atoms. The summed E-state index contributed by atoms with van der Waals surface area (Å²) in [6, 6.07) is 10.3. The van der Waals surface area contributed by atoms with Crippen LogP contribution in [0.4, 0.5) is 0 Å². The molecular formula is C28H29BrN2O6S. The molecule has 0 bridgehead atoms. The molecule has 8 nitrogen and oxygen atoms in total. The highest BCUT2D eigenvalue weighted by atomic mass is 79.9. The van der Waals surface area contributed by atoms with E-state index in [-0.39, 0.29) is 18.3 Å². The molecule has 0 spiro atoms. The number of ether oxygens (including phenoxy) is 4. The predicted molar refractivity (Wildman–Crippen MR) is 150 cm³/mol. The fraction of sp³-hybridized carbons (Fsp3) is 0.321. The summed E-state index contributed by atoms with van der Waals surface area (Å²) in [4.78, 5) is 32.1. The highest BCUT2D eigenvalue weighted by Gasteiger charge is 2.33. The molecule has 0 N–H and O–H groups in total. The second kappa shape index (κ2) is 11.6. The van der Waals surface area contributed by atoms with Crippen LogP contribution in [-0.2, 0) is 9.53 Å². The Balaban J connectivity index is 1.92. The average Bonchev–Trinajstić information content (AvgIpc) is 3.18. The molecule has 2 aromatic carbocycles. The van der Waals surface area contributed by atoms with E-state index in [1.807, 2.05) is 44.2 Å². The predicted octanol–water partition coefficient (Wildman–Crippen LogP) is 4.37. The van der Waals surface area contributed by atoms with Crippen molar-refractivity contribution < 1.29 is 23.7 Å². The Morgan fingerprint density at radius 1 is 1.16 bits per heavy atom. The van der Waals surface area contributed by atoms with Gasteiger partial charge in [0.15, 0.2) is 4.80 Å². The van der Waals surface area contributed by atoms with Crippen LogP contribution in [-0.4, -0.2) is 37.5 Å². The van der Waals surface area contributed by atoms with E-state index in [1.165, 1.54) is 11.3 Å². The fourth-order valence-corrected chi connectivity index (χ4v) is 5.81. The first kappa shape index (κ1) is 27.7. The Kier molecular flexibility index (Phi) is 8.42. The highest BCUT2D eigenvalue weighted by Crippen LogP contribution is 2.34. The van der Waals surface area contributed by atoms with Gasteiger partial charge >= 0.3 is 5.97 Å². The van der Waals surface area contributed by atoms with Crippen LogP contribution in [0.5, 0.6) is 17.2 Å². The quantitative estimate of drug-likeness (QED) is 0.357. The number of fused-ring (bicyclic) bond motifs is 1. The monoisotopic (exact) mass is 600 g/mol. The summed E-state index contributed by atoms with van der Waals surface area (Å²) in [7, 11) is 3.13. The third kappa shape index (κ3) is 5.42. The van der Waals surface area contributed by atoms with Crippen molar-refractivity contribution in [2.24, 2.45) is 4.99 Å². The van der Waals surface area contributed by atoms with E-state index in [0.29, 0.717) is 43.4 Å². The van der Waals surface area contributed by atoms with Crippen molar-refractivity contribution in [3.63, 3.8) is 0 Å². The summed E-state index contributed by atoms with van der Waals surface area (Å²) in [5.74, 6) is 1.36. The SMILES string of the molecule is CCOC(=O)C1=C(C)N=c2s/c(=C\c3cc(Br)c(OC)cc3OC)c(=O)n2[C@H]1c1ccc(OC(C)C)cc1. The molecule has 1 atom stereocenters. The second-order valence-corrected chi connectivity index (χ2v) is 10.6. The van der Waals surface area contributed by atoms with E-state index in [9.17, 15) is 9.59 Å². The van der Waals surface area contributed by atoms with Gasteiger partial charge in [-0.1, -0.05) is 23.5 Å². The van der Waals surface area contributed by atoms with Crippen LogP contribution in [0.3, 0.4) is 0 Å². The average molecular weight is 602 g/mol. The lowest BCUT2D eigenvalue weighted by Crippen LogP contribution is -2.39. The Hall–Kier alpha value is -3.37. The Bertz CT molecular complexity index is 1570. The van der Waals surface area contributed by atoms with E-state index < -0.39 is 12.0 Å². The summed E-state index contributed by atoms with van der Waals surface area (Å²) >= 11 is 4.75.